The van der Waals surface area contributed by atoms with Gasteiger partial charge in [-0.05, 0) is 30.5 Å². The van der Waals surface area contributed by atoms with Gasteiger partial charge in [0.2, 0.25) is 10.0 Å². The third kappa shape index (κ3) is 2.84. The maximum Gasteiger partial charge on any atom is 0.244 e. The van der Waals surface area contributed by atoms with Gasteiger partial charge in [0, 0.05) is 25.2 Å². The minimum absolute atomic E-state index is 0.197. The van der Waals surface area contributed by atoms with Crippen molar-refractivity contribution in [2.24, 2.45) is 0 Å². The van der Waals surface area contributed by atoms with Crippen LogP contribution < -0.4 is 5.32 Å². The highest BCUT2D eigenvalue weighted by Crippen LogP contribution is 2.28. The first-order chi connectivity index (χ1) is 9.46. The molecule has 0 aromatic carbocycles. The van der Waals surface area contributed by atoms with E-state index in [9.17, 15) is 8.42 Å². The average molecular weight is 311 g/mol. The molecule has 0 spiro atoms. The van der Waals surface area contributed by atoms with Crippen molar-refractivity contribution in [3.63, 3.8) is 0 Å². The van der Waals surface area contributed by atoms with Crippen LogP contribution in [0, 0.1) is 0 Å². The van der Waals surface area contributed by atoms with Gasteiger partial charge in [-0.3, -0.25) is 0 Å². The fourth-order valence-electron chi connectivity index (χ4n) is 1.76. The monoisotopic (exact) mass is 311 g/mol. The third-order valence-corrected chi connectivity index (χ3v) is 6.12. The summed E-state index contributed by atoms with van der Waals surface area (Å²) in [5.74, 6) is 0.637. The van der Waals surface area contributed by atoms with E-state index in [1.54, 1.807) is 37.6 Å². The van der Waals surface area contributed by atoms with E-state index in [-0.39, 0.29) is 10.9 Å². The first kappa shape index (κ1) is 15.0. The maximum atomic E-state index is 12.5. The van der Waals surface area contributed by atoms with Crippen LogP contribution in [0.1, 0.15) is 17.8 Å². The second-order valence-corrected chi connectivity index (χ2v) is 7.32. The van der Waals surface area contributed by atoms with Crippen molar-refractivity contribution in [3.05, 3.63) is 40.7 Å². The molecule has 1 unspecified atom stereocenters. The highest BCUT2D eigenvalue weighted by atomic mass is 32.2. The van der Waals surface area contributed by atoms with Crippen LogP contribution in [0.25, 0.3) is 0 Å². The van der Waals surface area contributed by atoms with E-state index in [1.165, 1.54) is 10.5 Å². The van der Waals surface area contributed by atoms with Crippen LogP contribution in [-0.2, 0) is 10.0 Å². The van der Waals surface area contributed by atoms with Crippen molar-refractivity contribution in [1.82, 2.24) is 9.29 Å². The highest BCUT2D eigenvalue weighted by Gasteiger charge is 2.27. The maximum absolute atomic E-state index is 12.5. The van der Waals surface area contributed by atoms with Crippen molar-refractivity contribution in [2.75, 3.05) is 19.4 Å². The van der Waals surface area contributed by atoms with Crippen LogP contribution >= 0.6 is 11.3 Å². The van der Waals surface area contributed by atoms with E-state index < -0.39 is 10.0 Å². The molecule has 0 bridgehead atoms. The van der Waals surface area contributed by atoms with Gasteiger partial charge in [0.15, 0.2) is 0 Å². The van der Waals surface area contributed by atoms with Gasteiger partial charge in [-0.2, -0.15) is 4.31 Å². The predicted molar refractivity (Wildman–Crippen MR) is 81.5 cm³/mol. The van der Waals surface area contributed by atoms with Crippen molar-refractivity contribution >= 4 is 27.2 Å². The predicted octanol–water partition coefficient (Wildman–Crippen LogP) is 2.57. The van der Waals surface area contributed by atoms with Gasteiger partial charge in [0.05, 0.1) is 6.04 Å². The lowest BCUT2D eigenvalue weighted by Crippen LogP contribution is -2.29. The van der Waals surface area contributed by atoms with Gasteiger partial charge < -0.3 is 5.32 Å². The molecule has 108 valence electrons. The summed E-state index contributed by atoms with van der Waals surface area (Å²) in [6.07, 6.45) is 1.37. The summed E-state index contributed by atoms with van der Waals surface area (Å²) in [6.45, 7) is 1.87. The second kappa shape index (κ2) is 5.90. The first-order valence-corrected chi connectivity index (χ1v) is 8.44. The molecule has 0 saturated heterocycles. The Morgan fingerprint density at radius 1 is 1.35 bits per heavy atom. The van der Waals surface area contributed by atoms with E-state index in [0.717, 1.165) is 4.88 Å². The lowest BCUT2D eigenvalue weighted by molar-refractivity contribution is 0.402. The molecule has 2 heterocycles. The lowest BCUT2D eigenvalue weighted by atomic mass is 10.3. The summed E-state index contributed by atoms with van der Waals surface area (Å²) in [4.78, 5) is 5.26. The number of nitrogens with zero attached hydrogens (tertiary/aromatic N) is 2. The quantitative estimate of drug-likeness (QED) is 0.922. The van der Waals surface area contributed by atoms with Crippen LogP contribution in [0.15, 0.2) is 40.7 Å². The Bertz CT molecular complexity index is 651. The van der Waals surface area contributed by atoms with Crippen molar-refractivity contribution < 1.29 is 8.42 Å². The van der Waals surface area contributed by atoms with Crippen LogP contribution in [-0.4, -0.2) is 31.8 Å². The molecule has 0 aliphatic carbocycles. The normalized spacial score (nSPS) is 13.4. The molecule has 0 radical (unpaired) electrons. The van der Waals surface area contributed by atoms with Crippen molar-refractivity contribution in [1.29, 1.82) is 0 Å². The van der Waals surface area contributed by atoms with Gasteiger partial charge in [-0.25, -0.2) is 13.4 Å². The molecule has 1 N–H and O–H groups in total. The Balaban J connectivity index is 2.29. The Labute approximate surface area is 123 Å². The molecular weight excluding hydrogens is 294 g/mol. The molecular formula is C13H17N3O2S2. The number of nitrogens with one attached hydrogen (secondary N) is 1. The van der Waals surface area contributed by atoms with Crippen molar-refractivity contribution in [2.45, 2.75) is 17.9 Å². The number of sulfonamides is 1. The van der Waals surface area contributed by atoms with Gasteiger partial charge in [0.1, 0.15) is 10.7 Å². The molecule has 20 heavy (non-hydrogen) atoms. The summed E-state index contributed by atoms with van der Waals surface area (Å²) in [5, 5.41) is 4.80. The standard InChI is InChI=1S/C13H17N3O2S2/c1-10(12-5-4-8-19-12)16(3)20(17,18)11-6-7-13(14-2)15-9-11/h4-10H,1-3H3,(H,14,15). The summed E-state index contributed by atoms with van der Waals surface area (Å²) in [5.41, 5.74) is 0. The van der Waals surface area contributed by atoms with Gasteiger partial charge in [-0.15, -0.1) is 11.3 Å². The Morgan fingerprint density at radius 2 is 2.10 bits per heavy atom. The molecule has 2 aromatic rings. The smallest absolute Gasteiger partial charge is 0.244 e. The third-order valence-electron chi connectivity index (χ3n) is 3.17. The topological polar surface area (TPSA) is 62.3 Å². The first-order valence-electron chi connectivity index (χ1n) is 6.12. The molecule has 7 heteroatoms. The number of aromatic nitrogens is 1. The Morgan fingerprint density at radius 3 is 2.60 bits per heavy atom. The minimum atomic E-state index is -3.54. The number of thiophene rings is 1. The van der Waals surface area contributed by atoms with E-state index in [4.69, 9.17) is 0 Å². The number of pyridine rings is 1. The Kier molecular flexibility index (Phi) is 4.42. The van der Waals surface area contributed by atoms with E-state index in [2.05, 4.69) is 10.3 Å². The molecule has 0 amide bonds. The van der Waals surface area contributed by atoms with Crippen LogP contribution in [0.2, 0.25) is 0 Å². The molecule has 0 aliphatic rings. The second-order valence-electron chi connectivity index (χ2n) is 4.34. The van der Waals surface area contributed by atoms with Crippen LogP contribution in [0.3, 0.4) is 0 Å². The zero-order valence-corrected chi connectivity index (χ0v) is 13.2. The largest absolute Gasteiger partial charge is 0.373 e. The van der Waals surface area contributed by atoms with E-state index in [0.29, 0.717) is 5.82 Å². The molecule has 1 atom stereocenters. The molecule has 2 aromatic heterocycles. The van der Waals surface area contributed by atoms with Gasteiger partial charge >= 0.3 is 0 Å². The molecule has 0 aliphatic heterocycles. The van der Waals surface area contributed by atoms with E-state index in [1.807, 2.05) is 24.4 Å². The highest BCUT2D eigenvalue weighted by molar-refractivity contribution is 7.89. The average Bonchev–Trinajstić information content (AvgIpc) is 3.00. The molecule has 0 fully saturated rings. The Hall–Kier alpha value is -1.44. The summed E-state index contributed by atoms with van der Waals surface area (Å²) in [7, 11) is -0.213. The van der Waals surface area contributed by atoms with Crippen LogP contribution in [0.4, 0.5) is 5.82 Å². The summed E-state index contributed by atoms with van der Waals surface area (Å²) in [6, 6.07) is 6.86. The van der Waals surface area contributed by atoms with E-state index >= 15 is 0 Å². The fourth-order valence-corrected chi connectivity index (χ4v) is 3.94. The molecule has 2 rings (SSSR count). The molecule has 0 saturated carbocycles. The number of rotatable bonds is 5. The molecule has 5 nitrogen and oxygen atoms in total. The summed E-state index contributed by atoms with van der Waals surface area (Å²) >= 11 is 1.54. The zero-order valence-electron chi connectivity index (χ0n) is 11.6. The van der Waals surface area contributed by atoms with Crippen LogP contribution in [0.5, 0.6) is 0 Å². The zero-order chi connectivity index (χ0) is 14.8. The van der Waals surface area contributed by atoms with Gasteiger partial charge in [-0.1, -0.05) is 6.07 Å². The minimum Gasteiger partial charge on any atom is -0.373 e. The SMILES string of the molecule is CNc1ccc(S(=O)(=O)N(C)C(C)c2cccs2)cn1. The van der Waals surface area contributed by atoms with Gasteiger partial charge in [0.25, 0.3) is 0 Å². The fraction of sp³-hybridized carbons (Fsp3) is 0.308. The van der Waals surface area contributed by atoms with Crippen molar-refractivity contribution in [3.8, 4) is 0 Å². The summed E-state index contributed by atoms with van der Waals surface area (Å²) < 4.78 is 26.4. The number of anilines is 1. The lowest BCUT2D eigenvalue weighted by Gasteiger charge is -2.23. The number of hydrogen-bond donors (Lipinski definition) is 1. The number of hydrogen-bond acceptors (Lipinski definition) is 5.